The van der Waals surface area contributed by atoms with E-state index in [0.717, 1.165) is 0 Å². The van der Waals surface area contributed by atoms with Gasteiger partial charge in [0.15, 0.2) is 0 Å². The van der Waals surface area contributed by atoms with Gasteiger partial charge in [0, 0.05) is 0 Å². The molecule has 0 fully saturated rings. The van der Waals surface area contributed by atoms with E-state index in [1.165, 1.54) is 55.7 Å². The summed E-state index contributed by atoms with van der Waals surface area (Å²) in [5.74, 6) is 0. The highest BCUT2D eigenvalue weighted by molar-refractivity contribution is 5.98. The lowest BCUT2D eigenvalue weighted by Gasteiger charge is -2.15. The summed E-state index contributed by atoms with van der Waals surface area (Å²) in [5.41, 5.74) is 12.0. The fraction of sp³-hybridized carbons (Fsp3) is 0. The molecule has 190 valence electrons. The van der Waals surface area contributed by atoms with Crippen LogP contribution in [-0.4, -0.2) is 0 Å². The maximum Gasteiger partial charge on any atom is -0.0105 e. The Hall–Kier alpha value is -5.20. The maximum absolute atomic E-state index is 2.33. The van der Waals surface area contributed by atoms with Crippen LogP contribution in [0.15, 0.2) is 170 Å². The van der Waals surface area contributed by atoms with E-state index in [1.807, 2.05) is 0 Å². The highest BCUT2D eigenvalue weighted by atomic mass is 14.2. The van der Waals surface area contributed by atoms with Gasteiger partial charge in [-0.3, -0.25) is 0 Å². The third-order valence-electron chi connectivity index (χ3n) is 7.15. The Bertz CT molecular complexity index is 1530. The van der Waals surface area contributed by atoms with E-state index < -0.39 is 0 Å². The molecule has 0 atom stereocenters. The average molecular weight is 511 g/mol. The van der Waals surface area contributed by atoms with Crippen LogP contribution in [0.1, 0.15) is 33.4 Å². The summed E-state index contributed by atoms with van der Waals surface area (Å²) in [6.07, 6.45) is 4.66. The summed E-state index contributed by atoms with van der Waals surface area (Å²) in [4.78, 5) is 0. The van der Waals surface area contributed by atoms with E-state index in [2.05, 4.69) is 182 Å². The van der Waals surface area contributed by atoms with Crippen molar-refractivity contribution in [3.63, 3.8) is 0 Å². The van der Waals surface area contributed by atoms with Gasteiger partial charge in [-0.2, -0.15) is 0 Å². The lowest BCUT2D eigenvalue weighted by molar-refractivity contribution is 1.53. The van der Waals surface area contributed by atoms with Crippen molar-refractivity contribution in [1.82, 2.24) is 0 Å². The average Bonchev–Trinajstić information content (AvgIpc) is 3.04. The smallest absolute Gasteiger partial charge is 0.0105 e. The lowest BCUT2D eigenvalue weighted by Crippen LogP contribution is -1.92. The van der Waals surface area contributed by atoms with Gasteiger partial charge < -0.3 is 0 Å². The van der Waals surface area contributed by atoms with Crippen molar-refractivity contribution in [2.24, 2.45) is 0 Å². The SMILES string of the molecule is C(=C(c1ccccc1)c1ccccc1)c1ccccc1-c1ccccc1C=C(c1ccccc1)c1ccccc1. The van der Waals surface area contributed by atoms with Gasteiger partial charge in [-0.15, -0.1) is 0 Å². The van der Waals surface area contributed by atoms with Gasteiger partial charge >= 0.3 is 0 Å². The van der Waals surface area contributed by atoms with Crippen LogP contribution in [0.4, 0.5) is 0 Å². The fourth-order valence-electron chi connectivity index (χ4n) is 5.18. The zero-order valence-corrected chi connectivity index (χ0v) is 22.3. The second-order valence-electron chi connectivity index (χ2n) is 9.75. The van der Waals surface area contributed by atoms with Gasteiger partial charge in [-0.25, -0.2) is 0 Å². The Morgan fingerprint density at radius 1 is 0.275 bits per heavy atom. The zero-order chi connectivity index (χ0) is 27.0. The Labute approximate surface area is 237 Å². The van der Waals surface area contributed by atoms with Crippen LogP contribution in [0, 0.1) is 0 Å². The summed E-state index contributed by atoms with van der Waals surface area (Å²) < 4.78 is 0. The van der Waals surface area contributed by atoms with Crippen molar-refractivity contribution in [3.05, 3.63) is 203 Å². The van der Waals surface area contributed by atoms with Crippen molar-refractivity contribution in [2.45, 2.75) is 0 Å². The van der Waals surface area contributed by atoms with Gasteiger partial charge in [-0.05, 0) is 67.8 Å². The molecule has 0 saturated carbocycles. The fourth-order valence-corrected chi connectivity index (χ4v) is 5.18. The van der Waals surface area contributed by atoms with E-state index in [4.69, 9.17) is 0 Å². The predicted octanol–water partition coefficient (Wildman–Crippen LogP) is 10.5. The van der Waals surface area contributed by atoms with Gasteiger partial charge in [0.2, 0.25) is 0 Å². The van der Waals surface area contributed by atoms with Crippen LogP contribution < -0.4 is 0 Å². The predicted molar refractivity (Wildman–Crippen MR) is 172 cm³/mol. The van der Waals surface area contributed by atoms with Crippen molar-refractivity contribution in [1.29, 1.82) is 0 Å². The Balaban J connectivity index is 1.53. The minimum atomic E-state index is 1.19. The van der Waals surface area contributed by atoms with Crippen LogP contribution in [0.5, 0.6) is 0 Å². The first-order chi connectivity index (χ1) is 19.9. The molecule has 0 unspecified atom stereocenters. The first-order valence-electron chi connectivity index (χ1n) is 13.7. The summed E-state index contributed by atoms with van der Waals surface area (Å²) in [6.45, 7) is 0. The monoisotopic (exact) mass is 510 g/mol. The van der Waals surface area contributed by atoms with E-state index in [9.17, 15) is 0 Å². The molecule has 0 nitrogen and oxygen atoms in total. The largest absolute Gasteiger partial charge is 0.0622 e. The van der Waals surface area contributed by atoms with Gasteiger partial charge in [0.05, 0.1) is 0 Å². The van der Waals surface area contributed by atoms with Crippen molar-refractivity contribution < 1.29 is 0 Å². The molecular formula is C40H30. The van der Waals surface area contributed by atoms with Crippen LogP contribution >= 0.6 is 0 Å². The Morgan fingerprint density at radius 2 is 0.525 bits per heavy atom. The minimum absolute atomic E-state index is 1.19. The second-order valence-corrected chi connectivity index (χ2v) is 9.75. The molecule has 0 aliphatic rings. The third kappa shape index (κ3) is 5.62. The van der Waals surface area contributed by atoms with Crippen molar-refractivity contribution >= 4 is 23.3 Å². The molecule has 0 aliphatic carbocycles. The summed E-state index contributed by atoms with van der Waals surface area (Å²) >= 11 is 0. The second kappa shape index (κ2) is 12.1. The third-order valence-corrected chi connectivity index (χ3v) is 7.15. The molecule has 0 N–H and O–H groups in total. The van der Waals surface area contributed by atoms with E-state index in [0.29, 0.717) is 0 Å². The molecule has 6 aromatic rings. The molecule has 0 amide bonds. The molecule has 6 rings (SSSR count). The lowest BCUT2D eigenvalue weighted by atomic mass is 9.89. The summed E-state index contributed by atoms with van der Waals surface area (Å²) in [6, 6.07) is 60.0. The molecule has 0 heteroatoms. The van der Waals surface area contributed by atoms with Gasteiger partial charge in [0.1, 0.15) is 0 Å². The molecular weight excluding hydrogens is 480 g/mol. The van der Waals surface area contributed by atoms with Crippen LogP contribution in [0.3, 0.4) is 0 Å². The van der Waals surface area contributed by atoms with Crippen LogP contribution in [0.2, 0.25) is 0 Å². The maximum atomic E-state index is 2.33. The molecule has 0 heterocycles. The topological polar surface area (TPSA) is 0 Å². The Kier molecular flexibility index (Phi) is 7.60. The molecule has 0 saturated heterocycles. The van der Waals surface area contributed by atoms with E-state index in [-0.39, 0.29) is 0 Å². The standard InChI is InChI=1S/C40H30/c1-5-17-31(18-6-1)39(32-19-7-2-8-20-32)29-35-25-13-15-27-37(35)38-28-16-14-26-36(38)30-40(33-21-9-3-10-22-33)34-23-11-4-12-24-34/h1-30H. The quantitative estimate of drug-likeness (QED) is 0.187. The zero-order valence-electron chi connectivity index (χ0n) is 22.3. The highest BCUT2D eigenvalue weighted by Crippen LogP contribution is 2.35. The van der Waals surface area contributed by atoms with Crippen molar-refractivity contribution in [2.75, 3.05) is 0 Å². The Morgan fingerprint density at radius 3 is 0.825 bits per heavy atom. The number of hydrogen-bond acceptors (Lipinski definition) is 0. The molecule has 40 heavy (non-hydrogen) atoms. The number of hydrogen-bond donors (Lipinski definition) is 0. The first-order valence-corrected chi connectivity index (χ1v) is 13.7. The number of rotatable bonds is 7. The molecule has 0 aliphatic heterocycles. The molecule has 0 aromatic heterocycles. The summed E-state index contributed by atoms with van der Waals surface area (Å²) in [7, 11) is 0. The normalized spacial score (nSPS) is 10.5. The molecule has 0 bridgehead atoms. The van der Waals surface area contributed by atoms with Gasteiger partial charge in [-0.1, -0.05) is 170 Å². The number of benzene rings is 6. The molecule has 6 aromatic carbocycles. The highest BCUT2D eigenvalue weighted by Gasteiger charge is 2.12. The van der Waals surface area contributed by atoms with Crippen LogP contribution in [-0.2, 0) is 0 Å². The molecule has 0 radical (unpaired) electrons. The van der Waals surface area contributed by atoms with E-state index in [1.54, 1.807) is 0 Å². The van der Waals surface area contributed by atoms with Crippen molar-refractivity contribution in [3.8, 4) is 11.1 Å². The molecule has 0 spiro atoms. The van der Waals surface area contributed by atoms with Gasteiger partial charge in [0.25, 0.3) is 0 Å². The first kappa shape index (κ1) is 25.1. The minimum Gasteiger partial charge on any atom is -0.0622 e. The van der Waals surface area contributed by atoms with Crippen LogP contribution in [0.25, 0.3) is 34.4 Å². The summed E-state index contributed by atoms with van der Waals surface area (Å²) in [5, 5.41) is 0. The van der Waals surface area contributed by atoms with E-state index >= 15 is 0 Å².